The summed E-state index contributed by atoms with van der Waals surface area (Å²) < 4.78 is 10.9. The lowest BCUT2D eigenvalue weighted by molar-refractivity contribution is -0.123. The summed E-state index contributed by atoms with van der Waals surface area (Å²) in [5, 5.41) is 0. The molecular weight excluding hydrogens is 456 g/mol. The third-order valence-corrected chi connectivity index (χ3v) is 7.68. The SMILES string of the molecule is Cc1ccc(N2C(=O)[C@@H]3[C@H](C2=O)C2c4ccccc4C=CN2[C@@H]3C(=O)c2ccc3c(c2)OCO3)cc1. The number of hydrogen-bond acceptors (Lipinski definition) is 6. The lowest BCUT2D eigenvalue weighted by atomic mass is 9.83. The number of rotatable bonds is 3. The van der Waals surface area contributed by atoms with Crippen molar-refractivity contribution in [2.45, 2.75) is 19.0 Å². The van der Waals surface area contributed by atoms with Gasteiger partial charge in [0, 0.05) is 11.8 Å². The van der Waals surface area contributed by atoms with Crippen LogP contribution in [0.1, 0.15) is 33.1 Å². The van der Waals surface area contributed by atoms with Crippen LogP contribution in [0.25, 0.3) is 6.08 Å². The molecule has 1 unspecified atom stereocenters. The van der Waals surface area contributed by atoms with Crippen molar-refractivity contribution in [3.05, 3.63) is 95.2 Å². The first-order chi connectivity index (χ1) is 17.5. The average molecular weight is 479 g/mol. The minimum absolute atomic E-state index is 0.104. The summed E-state index contributed by atoms with van der Waals surface area (Å²) in [4.78, 5) is 45.1. The number of carbonyl (C=O) groups is 3. The molecule has 7 rings (SSSR count). The Morgan fingerprint density at radius 2 is 1.64 bits per heavy atom. The van der Waals surface area contributed by atoms with Gasteiger partial charge in [0.15, 0.2) is 17.3 Å². The van der Waals surface area contributed by atoms with E-state index in [1.165, 1.54) is 4.90 Å². The number of nitrogens with zero attached hydrogens (tertiary/aromatic N) is 2. The summed E-state index contributed by atoms with van der Waals surface area (Å²) in [6, 6.07) is 19.0. The molecule has 0 radical (unpaired) electrons. The first-order valence-electron chi connectivity index (χ1n) is 12.0. The van der Waals surface area contributed by atoms with Gasteiger partial charge in [-0.3, -0.25) is 14.4 Å². The van der Waals surface area contributed by atoms with Crippen molar-refractivity contribution in [3.63, 3.8) is 0 Å². The molecule has 0 aliphatic carbocycles. The molecule has 7 nitrogen and oxygen atoms in total. The number of ether oxygens (including phenoxy) is 2. The van der Waals surface area contributed by atoms with Crippen molar-refractivity contribution in [1.29, 1.82) is 0 Å². The molecule has 36 heavy (non-hydrogen) atoms. The van der Waals surface area contributed by atoms with E-state index in [9.17, 15) is 14.4 Å². The van der Waals surface area contributed by atoms with Gasteiger partial charge in [0.2, 0.25) is 18.6 Å². The topological polar surface area (TPSA) is 76.2 Å². The summed E-state index contributed by atoms with van der Waals surface area (Å²) in [6.07, 6.45) is 3.80. The first kappa shape index (κ1) is 20.9. The molecule has 2 fully saturated rings. The van der Waals surface area contributed by atoms with Gasteiger partial charge in [0.25, 0.3) is 0 Å². The largest absolute Gasteiger partial charge is 0.454 e. The Balaban J connectivity index is 1.36. The zero-order valence-corrected chi connectivity index (χ0v) is 19.5. The van der Waals surface area contributed by atoms with E-state index in [0.29, 0.717) is 22.7 Å². The van der Waals surface area contributed by atoms with Crippen LogP contribution in [-0.2, 0) is 9.59 Å². The summed E-state index contributed by atoms with van der Waals surface area (Å²) in [5.41, 5.74) is 3.92. The number of ketones is 1. The van der Waals surface area contributed by atoms with Crippen molar-refractivity contribution in [1.82, 2.24) is 4.90 Å². The van der Waals surface area contributed by atoms with Crippen molar-refractivity contribution in [2.75, 3.05) is 11.7 Å². The van der Waals surface area contributed by atoms with Crippen LogP contribution in [0.2, 0.25) is 0 Å². The number of carbonyl (C=O) groups excluding carboxylic acids is 3. The van der Waals surface area contributed by atoms with Crippen molar-refractivity contribution < 1.29 is 23.9 Å². The molecule has 4 aliphatic heterocycles. The number of hydrogen-bond donors (Lipinski definition) is 0. The van der Waals surface area contributed by atoms with Crippen LogP contribution in [0.4, 0.5) is 5.69 Å². The molecule has 3 aromatic rings. The zero-order valence-electron chi connectivity index (χ0n) is 19.5. The molecule has 0 saturated carbocycles. The van der Waals surface area contributed by atoms with E-state index >= 15 is 0 Å². The third-order valence-electron chi connectivity index (χ3n) is 7.68. The molecule has 0 spiro atoms. The van der Waals surface area contributed by atoms with E-state index in [1.807, 2.05) is 60.5 Å². The first-order valence-corrected chi connectivity index (χ1v) is 12.0. The van der Waals surface area contributed by atoms with Crippen LogP contribution < -0.4 is 14.4 Å². The maximum atomic E-state index is 14.0. The molecule has 0 aromatic heterocycles. The van der Waals surface area contributed by atoms with Crippen molar-refractivity contribution >= 4 is 29.4 Å². The Kier molecular flexibility index (Phi) is 4.39. The van der Waals surface area contributed by atoms with Crippen molar-refractivity contribution in [3.8, 4) is 11.5 Å². The van der Waals surface area contributed by atoms with Gasteiger partial charge in [-0.05, 0) is 54.5 Å². The summed E-state index contributed by atoms with van der Waals surface area (Å²) in [6.45, 7) is 2.06. The molecule has 2 amide bonds. The highest BCUT2D eigenvalue weighted by atomic mass is 16.7. The van der Waals surface area contributed by atoms with Crippen LogP contribution in [0.3, 0.4) is 0 Å². The molecule has 0 bridgehead atoms. The fourth-order valence-electron chi connectivity index (χ4n) is 6.03. The zero-order chi connectivity index (χ0) is 24.6. The summed E-state index contributed by atoms with van der Waals surface area (Å²) in [5.74, 6) is -1.23. The highest BCUT2D eigenvalue weighted by Crippen LogP contribution is 2.53. The molecular formula is C29H22N2O5. The Morgan fingerprint density at radius 1 is 0.889 bits per heavy atom. The Hall–Kier alpha value is -4.39. The second-order valence-electron chi connectivity index (χ2n) is 9.61. The van der Waals surface area contributed by atoms with E-state index in [4.69, 9.17) is 9.47 Å². The molecule has 178 valence electrons. The highest BCUT2D eigenvalue weighted by molar-refractivity contribution is 6.24. The second kappa shape index (κ2) is 7.55. The maximum absolute atomic E-state index is 14.0. The number of aryl methyl sites for hydroxylation is 1. The predicted octanol–water partition coefficient (Wildman–Crippen LogP) is 4.12. The minimum Gasteiger partial charge on any atom is -0.454 e. The van der Waals surface area contributed by atoms with Gasteiger partial charge >= 0.3 is 0 Å². The molecule has 7 heteroatoms. The van der Waals surface area contributed by atoms with Crippen LogP contribution in [0, 0.1) is 18.8 Å². The van der Waals surface area contributed by atoms with E-state index in [1.54, 1.807) is 30.3 Å². The van der Waals surface area contributed by atoms with Gasteiger partial charge in [-0.2, -0.15) is 0 Å². The quantitative estimate of drug-likeness (QED) is 0.416. The Bertz CT molecular complexity index is 1480. The summed E-state index contributed by atoms with van der Waals surface area (Å²) >= 11 is 0. The lowest BCUT2D eigenvalue weighted by Crippen LogP contribution is -2.44. The highest BCUT2D eigenvalue weighted by Gasteiger charge is 2.64. The lowest BCUT2D eigenvalue weighted by Gasteiger charge is -2.35. The number of imide groups is 1. The van der Waals surface area contributed by atoms with Gasteiger partial charge in [0.05, 0.1) is 23.6 Å². The van der Waals surface area contributed by atoms with Gasteiger partial charge < -0.3 is 14.4 Å². The smallest absolute Gasteiger partial charge is 0.240 e. The molecule has 3 aromatic carbocycles. The standard InChI is InChI=1S/C29H22N2O5/c1-16-6-9-19(10-7-16)31-28(33)23-24(29(31)34)26(27(32)18-8-11-21-22(14-18)36-15-35-21)30-13-12-17-4-2-3-5-20(17)25(23)30/h2-14,23-26H,15H2,1H3/t23-,24+,25?,26-/m0/s1. The molecule has 0 N–H and O–H groups in total. The number of anilines is 1. The van der Waals surface area contributed by atoms with Gasteiger partial charge in [-0.15, -0.1) is 0 Å². The normalized spacial score (nSPS) is 25.1. The van der Waals surface area contributed by atoms with Crippen molar-refractivity contribution in [2.24, 2.45) is 11.8 Å². The van der Waals surface area contributed by atoms with E-state index < -0.39 is 23.9 Å². The van der Waals surface area contributed by atoms with E-state index in [0.717, 1.165) is 16.7 Å². The summed E-state index contributed by atoms with van der Waals surface area (Å²) in [7, 11) is 0. The average Bonchev–Trinajstić information content (AvgIpc) is 3.57. The van der Waals surface area contributed by atoms with Gasteiger partial charge in [-0.25, -0.2) is 4.90 Å². The molecule has 4 heterocycles. The fraction of sp³-hybridized carbons (Fsp3) is 0.207. The number of benzene rings is 3. The molecule has 2 saturated heterocycles. The Labute approximate surface area is 207 Å². The third kappa shape index (κ3) is 2.83. The van der Waals surface area contributed by atoms with E-state index in [2.05, 4.69) is 0 Å². The van der Waals surface area contributed by atoms with E-state index in [-0.39, 0.29) is 24.4 Å². The van der Waals surface area contributed by atoms with Gasteiger partial charge in [-0.1, -0.05) is 42.0 Å². The van der Waals surface area contributed by atoms with Crippen LogP contribution in [0.5, 0.6) is 11.5 Å². The Morgan fingerprint density at radius 3 is 2.47 bits per heavy atom. The number of amides is 2. The molecule has 4 atom stereocenters. The van der Waals surface area contributed by atoms with Crippen LogP contribution in [0.15, 0.2) is 72.9 Å². The number of fused-ring (bicyclic) bond motifs is 6. The predicted molar refractivity (Wildman–Crippen MR) is 131 cm³/mol. The minimum atomic E-state index is -0.822. The molecule has 4 aliphatic rings. The fourth-order valence-corrected chi connectivity index (χ4v) is 6.03. The maximum Gasteiger partial charge on any atom is 0.240 e. The van der Waals surface area contributed by atoms with Gasteiger partial charge in [0.1, 0.15) is 6.04 Å². The number of Topliss-reactive ketones (excluding diaryl/α,β-unsaturated/α-hetero) is 1. The van der Waals surface area contributed by atoms with Crippen LogP contribution in [-0.4, -0.2) is 35.3 Å². The second-order valence-corrected chi connectivity index (χ2v) is 9.61. The van der Waals surface area contributed by atoms with Crippen LogP contribution >= 0.6 is 0 Å². The monoisotopic (exact) mass is 478 g/mol.